The summed E-state index contributed by atoms with van der Waals surface area (Å²) >= 11 is 0. The van der Waals surface area contributed by atoms with E-state index in [1.165, 1.54) is 13.0 Å². The molecule has 0 aliphatic carbocycles. The minimum absolute atomic E-state index is 0.601. The summed E-state index contributed by atoms with van der Waals surface area (Å²) in [6.45, 7) is 16.4. The highest BCUT2D eigenvalue weighted by Crippen LogP contribution is 2.26. The van der Waals surface area contributed by atoms with Crippen molar-refractivity contribution in [1.82, 2.24) is 10.2 Å². The van der Waals surface area contributed by atoms with Crippen LogP contribution >= 0.6 is 0 Å². The third kappa shape index (κ3) is 3.74. The second-order valence-electron chi connectivity index (χ2n) is 6.17. The Balaban J connectivity index is 2.40. The molecule has 0 aromatic carbocycles. The minimum atomic E-state index is 0.601. The number of nitrogens with one attached hydrogen (secondary N) is 1. The monoisotopic (exact) mass is 226 g/mol. The highest BCUT2D eigenvalue weighted by atomic mass is 15.2. The highest BCUT2D eigenvalue weighted by molar-refractivity contribution is 4.86. The molecule has 0 saturated carbocycles. The number of hydrogen-bond acceptors (Lipinski definition) is 2. The Labute approximate surface area is 102 Å². The van der Waals surface area contributed by atoms with Crippen molar-refractivity contribution in [3.8, 4) is 0 Å². The summed E-state index contributed by atoms with van der Waals surface area (Å²) in [7, 11) is 0. The summed E-state index contributed by atoms with van der Waals surface area (Å²) in [5.41, 5.74) is 0. The van der Waals surface area contributed by atoms with Crippen LogP contribution in [0.15, 0.2) is 0 Å². The molecule has 4 unspecified atom stereocenters. The van der Waals surface area contributed by atoms with Gasteiger partial charge in [0.05, 0.1) is 0 Å². The molecule has 0 spiro atoms. The lowest BCUT2D eigenvalue weighted by Crippen LogP contribution is -2.43. The number of likely N-dealkylation sites (tertiary alicyclic amines) is 1. The van der Waals surface area contributed by atoms with E-state index in [2.05, 4.69) is 51.8 Å². The van der Waals surface area contributed by atoms with Gasteiger partial charge in [0, 0.05) is 24.7 Å². The maximum absolute atomic E-state index is 3.55. The van der Waals surface area contributed by atoms with Crippen LogP contribution in [0.1, 0.15) is 48.0 Å². The van der Waals surface area contributed by atoms with Gasteiger partial charge in [0.2, 0.25) is 0 Å². The van der Waals surface area contributed by atoms with Gasteiger partial charge in [-0.1, -0.05) is 27.7 Å². The molecule has 0 amide bonds. The van der Waals surface area contributed by atoms with Crippen LogP contribution in [0.3, 0.4) is 0 Å². The summed E-state index contributed by atoms with van der Waals surface area (Å²) in [6, 6.07) is 2.07. The molecule has 2 heteroatoms. The Morgan fingerprint density at radius 1 is 1.19 bits per heavy atom. The van der Waals surface area contributed by atoms with Crippen molar-refractivity contribution in [3.05, 3.63) is 0 Å². The topological polar surface area (TPSA) is 15.3 Å². The standard InChI is InChI=1S/C14H30N2/c1-10(2)15-8-12(4)14(6)16-9-11(3)7-13(16)5/h10-15H,7-9H2,1-6H3. The normalized spacial score (nSPS) is 30.9. The zero-order valence-corrected chi connectivity index (χ0v) is 12.0. The lowest BCUT2D eigenvalue weighted by atomic mass is 10.0. The maximum atomic E-state index is 3.55. The van der Waals surface area contributed by atoms with Crippen LogP contribution in [-0.2, 0) is 0 Å². The van der Waals surface area contributed by atoms with Crippen LogP contribution in [0.2, 0.25) is 0 Å². The second-order valence-corrected chi connectivity index (χ2v) is 6.17. The average Bonchev–Trinajstić information content (AvgIpc) is 2.53. The lowest BCUT2D eigenvalue weighted by Gasteiger charge is -2.33. The Hall–Kier alpha value is -0.0800. The van der Waals surface area contributed by atoms with Crippen molar-refractivity contribution in [2.45, 2.75) is 66.1 Å². The van der Waals surface area contributed by atoms with E-state index in [4.69, 9.17) is 0 Å². The summed E-state index contributed by atoms with van der Waals surface area (Å²) < 4.78 is 0. The van der Waals surface area contributed by atoms with E-state index in [0.717, 1.165) is 24.4 Å². The van der Waals surface area contributed by atoms with Crippen LogP contribution < -0.4 is 5.32 Å². The van der Waals surface area contributed by atoms with Crippen molar-refractivity contribution in [2.75, 3.05) is 13.1 Å². The van der Waals surface area contributed by atoms with Crippen molar-refractivity contribution in [2.24, 2.45) is 11.8 Å². The van der Waals surface area contributed by atoms with Crippen molar-refractivity contribution in [1.29, 1.82) is 0 Å². The molecular formula is C14H30N2. The zero-order valence-electron chi connectivity index (χ0n) is 12.0. The molecule has 1 aliphatic heterocycles. The van der Waals surface area contributed by atoms with Gasteiger partial charge in [-0.3, -0.25) is 4.90 Å². The first-order chi connectivity index (χ1) is 7.41. The Bertz CT molecular complexity index is 203. The molecule has 0 bridgehead atoms. The maximum Gasteiger partial charge on any atom is 0.0108 e. The van der Waals surface area contributed by atoms with Gasteiger partial charge >= 0.3 is 0 Å². The number of nitrogens with zero attached hydrogens (tertiary/aromatic N) is 1. The SMILES string of the molecule is CC1CC(C)N(C(C)C(C)CNC(C)C)C1. The number of hydrogen-bond donors (Lipinski definition) is 1. The molecule has 1 N–H and O–H groups in total. The molecule has 0 aromatic heterocycles. The largest absolute Gasteiger partial charge is 0.314 e. The molecule has 1 aliphatic rings. The van der Waals surface area contributed by atoms with Crippen molar-refractivity contribution >= 4 is 0 Å². The van der Waals surface area contributed by atoms with E-state index in [9.17, 15) is 0 Å². The van der Waals surface area contributed by atoms with Gasteiger partial charge < -0.3 is 5.32 Å². The van der Waals surface area contributed by atoms with E-state index < -0.39 is 0 Å². The number of rotatable bonds is 5. The first kappa shape index (κ1) is 14.0. The van der Waals surface area contributed by atoms with E-state index in [1.54, 1.807) is 0 Å². The van der Waals surface area contributed by atoms with E-state index >= 15 is 0 Å². The van der Waals surface area contributed by atoms with Gasteiger partial charge in [-0.15, -0.1) is 0 Å². The van der Waals surface area contributed by atoms with Crippen LogP contribution in [0.5, 0.6) is 0 Å². The molecule has 1 fully saturated rings. The van der Waals surface area contributed by atoms with Gasteiger partial charge in [-0.25, -0.2) is 0 Å². The van der Waals surface area contributed by atoms with Gasteiger partial charge in [-0.2, -0.15) is 0 Å². The Morgan fingerprint density at radius 2 is 1.81 bits per heavy atom. The quantitative estimate of drug-likeness (QED) is 0.775. The van der Waals surface area contributed by atoms with E-state index in [1.807, 2.05) is 0 Å². The second kappa shape index (κ2) is 6.02. The molecular weight excluding hydrogens is 196 g/mol. The average molecular weight is 226 g/mol. The highest BCUT2D eigenvalue weighted by Gasteiger charge is 2.31. The molecule has 1 heterocycles. The molecule has 2 nitrogen and oxygen atoms in total. The minimum Gasteiger partial charge on any atom is -0.314 e. The molecule has 4 atom stereocenters. The van der Waals surface area contributed by atoms with Crippen molar-refractivity contribution < 1.29 is 0 Å². The van der Waals surface area contributed by atoms with Crippen LogP contribution in [0.4, 0.5) is 0 Å². The fraction of sp³-hybridized carbons (Fsp3) is 1.00. The van der Waals surface area contributed by atoms with Gasteiger partial charge in [-0.05, 0) is 38.6 Å². The fourth-order valence-corrected chi connectivity index (χ4v) is 2.82. The summed E-state index contributed by atoms with van der Waals surface area (Å²) in [5, 5.41) is 3.55. The fourth-order valence-electron chi connectivity index (χ4n) is 2.82. The molecule has 0 radical (unpaired) electrons. The predicted octanol–water partition coefficient (Wildman–Crippen LogP) is 2.74. The smallest absolute Gasteiger partial charge is 0.0108 e. The molecule has 0 aromatic rings. The summed E-state index contributed by atoms with van der Waals surface area (Å²) in [4.78, 5) is 2.69. The first-order valence-corrected chi connectivity index (χ1v) is 6.91. The summed E-state index contributed by atoms with van der Waals surface area (Å²) in [5.74, 6) is 1.61. The van der Waals surface area contributed by atoms with Crippen molar-refractivity contribution in [3.63, 3.8) is 0 Å². The molecule has 1 saturated heterocycles. The van der Waals surface area contributed by atoms with Gasteiger partial charge in [0.15, 0.2) is 0 Å². The van der Waals surface area contributed by atoms with E-state index in [0.29, 0.717) is 12.1 Å². The molecule has 1 rings (SSSR count). The van der Waals surface area contributed by atoms with Crippen LogP contribution in [0, 0.1) is 11.8 Å². The lowest BCUT2D eigenvalue weighted by molar-refractivity contribution is 0.150. The Kier molecular flexibility index (Phi) is 5.26. The Morgan fingerprint density at radius 3 is 2.25 bits per heavy atom. The molecule has 96 valence electrons. The first-order valence-electron chi connectivity index (χ1n) is 6.91. The third-order valence-corrected chi connectivity index (χ3v) is 4.03. The predicted molar refractivity (Wildman–Crippen MR) is 71.7 cm³/mol. The van der Waals surface area contributed by atoms with E-state index in [-0.39, 0.29) is 0 Å². The van der Waals surface area contributed by atoms with Gasteiger partial charge in [0.1, 0.15) is 0 Å². The summed E-state index contributed by atoms with van der Waals surface area (Å²) in [6.07, 6.45) is 1.37. The molecule has 16 heavy (non-hydrogen) atoms. The van der Waals surface area contributed by atoms with Crippen LogP contribution in [-0.4, -0.2) is 36.1 Å². The van der Waals surface area contributed by atoms with Gasteiger partial charge in [0.25, 0.3) is 0 Å². The third-order valence-electron chi connectivity index (χ3n) is 4.03. The van der Waals surface area contributed by atoms with Crippen LogP contribution in [0.25, 0.3) is 0 Å². The zero-order chi connectivity index (χ0) is 12.3.